The average Bonchev–Trinajstić information content (AvgIpc) is 2.36. The lowest BCUT2D eigenvalue weighted by Gasteiger charge is -2.24. The van der Waals surface area contributed by atoms with Crippen LogP contribution in [0.15, 0.2) is 6.07 Å². The van der Waals surface area contributed by atoms with Gasteiger partial charge in [0.2, 0.25) is 5.91 Å². The summed E-state index contributed by atoms with van der Waals surface area (Å²) in [5, 5.41) is 5.97. The highest BCUT2D eigenvalue weighted by Crippen LogP contribution is 2.12. The number of amides is 1. The molecule has 0 aliphatic carbocycles. The fourth-order valence-electron chi connectivity index (χ4n) is 1.57. The van der Waals surface area contributed by atoms with Crippen molar-refractivity contribution in [2.24, 2.45) is 5.84 Å². The van der Waals surface area contributed by atoms with Gasteiger partial charge in [0.15, 0.2) is 0 Å². The van der Waals surface area contributed by atoms with Gasteiger partial charge >= 0.3 is 0 Å². The van der Waals surface area contributed by atoms with Crippen LogP contribution in [0.2, 0.25) is 0 Å². The number of anilines is 2. The van der Waals surface area contributed by atoms with Crippen LogP contribution in [0, 0.1) is 0 Å². The van der Waals surface area contributed by atoms with E-state index in [1.807, 2.05) is 27.7 Å². The van der Waals surface area contributed by atoms with Crippen LogP contribution in [0.1, 0.15) is 40.4 Å². The van der Waals surface area contributed by atoms with Crippen molar-refractivity contribution in [3.05, 3.63) is 11.9 Å². The Balaban J connectivity index is 2.79. The standard InChI is InChI=1S/C13H24N6O/c1-6-9-16-10(7-11(17-9)19-14)15-8(2)12(20)18-13(3,4)5/h7-8H,6,14H2,1-5H3,(H,18,20)(H2,15,16,17,19). The topological polar surface area (TPSA) is 105 Å². The van der Waals surface area contributed by atoms with Crippen LogP contribution in [0.25, 0.3) is 0 Å². The van der Waals surface area contributed by atoms with Gasteiger partial charge in [-0.2, -0.15) is 0 Å². The average molecular weight is 280 g/mol. The summed E-state index contributed by atoms with van der Waals surface area (Å²) in [6, 6.07) is 1.26. The van der Waals surface area contributed by atoms with Gasteiger partial charge in [-0.15, -0.1) is 0 Å². The van der Waals surface area contributed by atoms with E-state index in [4.69, 9.17) is 5.84 Å². The number of aryl methyl sites for hydroxylation is 1. The number of hydrogen-bond acceptors (Lipinski definition) is 6. The Hall–Kier alpha value is -1.89. The van der Waals surface area contributed by atoms with E-state index >= 15 is 0 Å². The maximum atomic E-state index is 12.0. The third-order valence-corrected chi connectivity index (χ3v) is 2.49. The first-order valence-corrected chi connectivity index (χ1v) is 6.68. The van der Waals surface area contributed by atoms with Gasteiger partial charge < -0.3 is 16.1 Å². The second-order valence-electron chi connectivity index (χ2n) is 5.66. The first-order valence-electron chi connectivity index (χ1n) is 6.68. The van der Waals surface area contributed by atoms with Crippen LogP contribution in [0.4, 0.5) is 11.6 Å². The van der Waals surface area contributed by atoms with Gasteiger partial charge in [0.1, 0.15) is 23.5 Å². The van der Waals surface area contributed by atoms with E-state index in [1.165, 1.54) is 0 Å². The number of nitrogens with two attached hydrogens (primary N) is 1. The lowest BCUT2D eigenvalue weighted by atomic mass is 10.1. The molecule has 1 aromatic heterocycles. The minimum Gasteiger partial charge on any atom is -0.358 e. The Morgan fingerprint density at radius 2 is 1.95 bits per heavy atom. The zero-order valence-corrected chi connectivity index (χ0v) is 12.7. The zero-order valence-electron chi connectivity index (χ0n) is 12.7. The van der Waals surface area contributed by atoms with E-state index in [-0.39, 0.29) is 11.4 Å². The van der Waals surface area contributed by atoms with Crippen LogP contribution in [0.5, 0.6) is 0 Å². The molecule has 0 spiro atoms. The monoisotopic (exact) mass is 280 g/mol. The largest absolute Gasteiger partial charge is 0.358 e. The predicted octanol–water partition coefficient (Wildman–Crippen LogP) is 1.04. The Bertz CT molecular complexity index is 446. The molecule has 0 bridgehead atoms. The molecule has 1 rings (SSSR count). The SMILES string of the molecule is CCc1nc(NN)cc(NC(C)C(=O)NC(C)(C)C)n1. The molecule has 0 saturated carbocycles. The zero-order chi connectivity index (χ0) is 15.3. The quantitative estimate of drug-likeness (QED) is 0.474. The molecule has 7 nitrogen and oxygen atoms in total. The molecule has 1 amide bonds. The number of hydrazine groups is 1. The van der Waals surface area contributed by atoms with Gasteiger partial charge in [-0.3, -0.25) is 4.79 Å². The first-order chi connectivity index (χ1) is 9.25. The van der Waals surface area contributed by atoms with Crippen LogP contribution < -0.4 is 21.9 Å². The summed E-state index contributed by atoms with van der Waals surface area (Å²) in [7, 11) is 0. The highest BCUT2D eigenvalue weighted by atomic mass is 16.2. The van der Waals surface area contributed by atoms with Crippen molar-refractivity contribution in [3.63, 3.8) is 0 Å². The second-order valence-corrected chi connectivity index (χ2v) is 5.66. The number of aromatic nitrogens is 2. The lowest BCUT2D eigenvalue weighted by Crippen LogP contribution is -2.47. The van der Waals surface area contributed by atoms with Crippen LogP contribution in [-0.2, 0) is 11.2 Å². The summed E-state index contributed by atoms with van der Waals surface area (Å²) >= 11 is 0. The summed E-state index contributed by atoms with van der Waals surface area (Å²) in [6.45, 7) is 9.55. The summed E-state index contributed by atoms with van der Waals surface area (Å²) in [5.41, 5.74) is 2.22. The normalized spacial score (nSPS) is 12.7. The molecule has 1 aromatic rings. The molecule has 0 aromatic carbocycles. The fourth-order valence-corrected chi connectivity index (χ4v) is 1.57. The molecule has 0 saturated heterocycles. The molecular weight excluding hydrogens is 256 g/mol. The van der Waals surface area contributed by atoms with Crippen LogP contribution in [0.3, 0.4) is 0 Å². The van der Waals surface area contributed by atoms with Crippen molar-refractivity contribution in [2.75, 3.05) is 10.7 Å². The predicted molar refractivity (Wildman–Crippen MR) is 80.2 cm³/mol. The van der Waals surface area contributed by atoms with Gasteiger partial charge in [-0.1, -0.05) is 6.92 Å². The minimum absolute atomic E-state index is 0.0866. The fraction of sp³-hybridized carbons (Fsp3) is 0.615. The molecule has 1 atom stereocenters. The van der Waals surface area contributed by atoms with Crippen molar-refractivity contribution in [1.82, 2.24) is 15.3 Å². The van der Waals surface area contributed by atoms with Gasteiger partial charge in [0.05, 0.1) is 0 Å². The van der Waals surface area contributed by atoms with E-state index in [1.54, 1.807) is 13.0 Å². The van der Waals surface area contributed by atoms with Gasteiger partial charge in [-0.25, -0.2) is 15.8 Å². The molecule has 0 radical (unpaired) electrons. The summed E-state index contributed by atoms with van der Waals surface area (Å²) in [4.78, 5) is 20.5. The van der Waals surface area contributed by atoms with E-state index in [0.717, 1.165) is 0 Å². The van der Waals surface area contributed by atoms with E-state index in [2.05, 4.69) is 26.0 Å². The van der Waals surface area contributed by atoms with Crippen molar-refractivity contribution >= 4 is 17.5 Å². The number of rotatable bonds is 5. The molecule has 0 fully saturated rings. The maximum Gasteiger partial charge on any atom is 0.242 e. The molecule has 1 heterocycles. The summed E-state index contributed by atoms with van der Waals surface area (Å²) < 4.78 is 0. The first kappa shape index (κ1) is 16.2. The van der Waals surface area contributed by atoms with Gasteiger partial charge in [0.25, 0.3) is 0 Å². The number of carbonyl (C=O) groups is 1. The van der Waals surface area contributed by atoms with Crippen molar-refractivity contribution in [2.45, 2.75) is 52.6 Å². The molecule has 112 valence electrons. The number of carbonyl (C=O) groups excluding carboxylic acids is 1. The third-order valence-electron chi connectivity index (χ3n) is 2.49. The second kappa shape index (κ2) is 6.51. The van der Waals surface area contributed by atoms with Gasteiger partial charge in [0, 0.05) is 18.0 Å². The molecule has 7 heteroatoms. The third kappa shape index (κ3) is 5.00. The Kier molecular flexibility index (Phi) is 5.26. The van der Waals surface area contributed by atoms with E-state index in [9.17, 15) is 4.79 Å². The molecule has 0 aliphatic heterocycles. The minimum atomic E-state index is -0.403. The van der Waals surface area contributed by atoms with Crippen molar-refractivity contribution in [1.29, 1.82) is 0 Å². The van der Waals surface area contributed by atoms with E-state index < -0.39 is 6.04 Å². The van der Waals surface area contributed by atoms with Crippen LogP contribution >= 0.6 is 0 Å². The molecular formula is C13H24N6O. The number of nitrogens with one attached hydrogen (secondary N) is 3. The summed E-state index contributed by atoms with van der Waals surface area (Å²) in [5.74, 6) is 7.03. The molecule has 0 aliphatic rings. The highest BCUT2D eigenvalue weighted by molar-refractivity contribution is 5.84. The highest BCUT2D eigenvalue weighted by Gasteiger charge is 2.19. The molecule has 1 unspecified atom stereocenters. The number of nitrogen functional groups attached to an aromatic ring is 1. The lowest BCUT2D eigenvalue weighted by molar-refractivity contribution is -0.122. The van der Waals surface area contributed by atoms with Crippen LogP contribution in [-0.4, -0.2) is 27.5 Å². The van der Waals surface area contributed by atoms with Crippen molar-refractivity contribution < 1.29 is 4.79 Å². The molecule has 5 N–H and O–H groups in total. The molecule has 20 heavy (non-hydrogen) atoms. The maximum absolute atomic E-state index is 12.0. The van der Waals surface area contributed by atoms with E-state index in [0.29, 0.717) is 23.9 Å². The Labute approximate surface area is 119 Å². The van der Waals surface area contributed by atoms with Gasteiger partial charge in [-0.05, 0) is 27.7 Å². The number of hydrogen-bond donors (Lipinski definition) is 4. The Morgan fingerprint density at radius 3 is 2.45 bits per heavy atom. The Morgan fingerprint density at radius 1 is 1.35 bits per heavy atom. The smallest absolute Gasteiger partial charge is 0.242 e. The number of nitrogens with zero attached hydrogens (tertiary/aromatic N) is 2. The summed E-state index contributed by atoms with van der Waals surface area (Å²) in [6.07, 6.45) is 0.687. The van der Waals surface area contributed by atoms with Crippen molar-refractivity contribution in [3.8, 4) is 0 Å².